The SMILES string of the molecule is COC(=O)C1=C(Nc2ccc([N+](=O)[O-])c3ccncc23)C(=O)N(CCO)C1. The molecular weight excluding hydrogens is 356 g/mol. The average Bonchev–Trinajstić information content (AvgIpc) is 2.97. The van der Waals surface area contributed by atoms with Gasteiger partial charge in [-0.3, -0.25) is 19.9 Å². The van der Waals surface area contributed by atoms with Crippen molar-refractivity contribution >= 4 is 34.0 Å². The third-order valence-electron chi connectivity index (χ3n) is 4.20. The number of aliphatic hydroxyl groups excluding tert-OH is 1. The van der Waals surface area contributed by atoms with Gasteiger partial charge in [0.1, 0.15) is 5.70 Å². The summed E-state index contributed by atoms with van der Waals surface area (Å²) < 4.78 is 4.74. The summed E-state index contributed by atoms with van der Waals surface area (Å²) in [5, 5.41) is 24.0. The summed E-state index contributed by atoms with van der Waals surface area (Å²) in [4.78, 5) is 40.7. The Balaban J connectivity index is 2.07. The number of β-amino-alcohol motifs (C(OH)–C–C–N with tert-alkyl or cyclic N) is 1. The topological polar surface area (TPSA) is 135 Å². The molecule has 2 heterocycles. The molecule has 1 aliphatic rings. The number of aromatic nitrogens is 1. The summed E-state index contributed by atoms with van der Waals surface area (Å²) in [6, 6.07) is 4.27. The van der Waals surface area contributed by atoms with Crippen LogP contribution in [0.25, 0.3) is 10.8 Å². The predicted octanol–water partition coefficient (Wildman–Crippen LogP) is 0.816. The van der Waals surface area contributed by atoms with Gasteiger partial charge in [-0.15, -0.1) is 0 Å². The summed E-state index contributed by atoms with van der Waals surface area (Å²) in [6.07, 6.45) is 2.87. The van der Waals surface area contributed by atoms with Gasteiger partial charge in [-0.05, 0) is 12.1 Å². The zero-order chi connectivity index (χ0) is 19.6. The Morgan fingerprint density at radius 1 is 1.41 bits per heavy atom. The molecule has 0 saturated carbocycles. The van der Waals surface area contributed by atoms with Gasteiger partial charge in [0.2, 0.25) is 0 Å². The number of pyridine rings is 1. The van der Waals surface area contributed by atoms with Crippen LogP contribution in [0.4, 0.5) is 11.4 Å². The molecule has 1 aliphatic heterocycles. The summed E-state index contributed by atoms with van der Waals surface area (Å²) in [5.41, 5.74) is 0.416. The molecule has 0 atom stereocenters. The van der Waals surface area contributed by atoms with Crippen LogP contribution in [-0.4, -0.2) is 58.6 Å². The van der Waals surface area contributed by atoms with E-state index >= 15 is 0 Å². The molecule has 10 nitrogen and oxygen atoms in total. The van der Waals surface area contributed by atoms with Crippen LogP contribution in [0, 0.1) is 10.1 Å². The number of nitro benzene ring substituents is 1. The van der Waals surface area contributed by atoms with Crippen molar-refractivity contribution in [1.82, 2.24) is 9.88 Å². The number of fused-ring (bicyclic) bond motifs is 1. The highest BCUT2D eigenvalue weighted by Gasteiger charge is 2.34. The number of methoxy groups -OCH3 is 1. The van der Waals surface area contributed by atoms with Crippen molar-refractivity contribution in [2.45, 2.75) is 0 Å². The lowest BCUT2D eigenvalue weighted by Crippen LogP contribution is -2.31. The van der Waals surface area contributed by atoms with Crippen molar-refractivity contribution in [2.75, 3.05) is 32.1 Å². The van der Waals surface area contributed by atoms with E-state index in [0.717, 1.165) is 0 Å². The van der Waals surface area contributed by atoms with E-state index in [1.165, 1.54) is 42.6 Å². The molecule has 2 N–H and O–H groups in total. The summed E-state index contributed by atoms with van der Waals surface area (Å²) in [6.45, 7) is -0.192. The molecule has 0 bridgehead atoms. The number of carbonyl (C=O) groups is 2. The Labute approximate surface area is 153 Å². The zero-order valence-corrected chi connectivity index (χ0v) is 14.3. The van der Waals surface area contributed by atoms with Gasteiger partial charge in [0.15, 0.2) is 0 Å². The van der Waals surface area contributed by atoms with Crippen molar-refractivity contribution in [3.8, 4) is 0 Å². The number of amides is 1. The molecule has 0 unspecified atom stereocenters. The highest BCUT2D eigenvalue weighted by molar-refractivity contribution is 6.10. The molecule has 3 rings (SSSR count). The number of anilines is 1. The molecule has 1 aromatic carbocycles. The van der Waals surface area contributed by atoms with Crippen LogP contribution in [0.5, 0.6) is 0 Å². The lowest BCUT2D eigenvalue weighted by molar-refractivity contribution is -0.383. The molecule has 0 fully saturated rings. The lowest BCUT2D eigenvalue weighted by atomic mass is 10.1. The van der Waals surface area contributed by atoms with Crippen LogP contribution in [0.3, 0.4) is 0 Å². The summed E-state index contributed by atoms with van der Waals surface area (Å²) in [5.74, 6) is -1.14. The minimum absolute atomic E-state index is 0.00242. The van der Waals surface area contributed by atoms with Crippen LogP contribution < -0.4 is 5.32 Å². The number of nitrogens with one attached hydrogen (secondary N) is 1. The maximum Gasteiger partial charge on any atom is 0.337 e. The average molecular weight is 372 g/mol. The fourth-order valence-corrected chi connectivity index (χ4v) is 2.93. The molecule has 0 saturated heterocycles. The number of benzene rings is 1. The van der Waals surface area contributed by atoms with Crippen molar-refractivity contribution in [3.05, 3.63) is 52.0 Å². The maximum atomic E-state index is 12.6. The predicted molar refractivity (Wildman–Crippen MR) is 94.7 cm³/mol. The van der Waals surface area contributed by atoms with Gasteiger partial charge in [0.25, 0.3) is 11.6 Å². The highest BCUT2D eigenvalue weighted by Crippen LogP contribution is 2.32. The third kappa shape index (κ3) is 3.29. The largest absolute Gasteiger partial charge is 0.466 e. The van der Waals surface area contributed by atoms with Gasteiger partial charge < -0.3 is 20.1 Å². The Bertz CT molecular complexity index is 971. The standard InChI is InChI=1S/C17H16N4O6/c1-27-17(24)12-9-20(6-7-22)16(23)15(12)19-13-2-3-14(21(25)26)10-4-5-18-8-11(10)13/h2-5,8,19,22H,6-7,9H2,1H3. The van der Waals surface area contributed by atoms with Gasteiger partial charge >= 0.3 is 5.97 Å². The highest BCUT2D eigenvalue weighted by atomic mass is 16.6. The zero-order valence-electron chi connectivity index (χ0n) is 14.3. The molecule has 27 heavy (non-hydrogen) atoms. The third-order valence-corrected chi connectivity index (χ3v) is 4.20. The van der Waals surface area contributed by atoms with E-state index in [-0.39, 0.29) is 36.7 Å². The second-order valence-electron chi connectivity index (χ2n) is 5.73. The molecule has 140 valence electrons. The van der Waals surface area contributed by atoms with Crippen molar-refractivity contribution in [1.29, 1.82) is 0 Å². The fraction of sp³-hybridized carbons (Fsp3) is 0.235. The van der Waals surface area contributed by atoms with E-state index in [9.17, 15) is 19.7 Å². The van der Waals surface area contributed by atoms with Crippen LogP contribution in [-0.2, 0) is 14.3 Å². The molecule has 0 radical (unpaired) electrons. The number of ether oxygens (including phenoxy) is 1. The second-order valence-corrected chi connectivity index (χ2v) is 5.73. The molecule has 1 aromatic heterocycles. The van der Waals surface area contributed by atoms with Gasteiger partial charge in [-0.1, -0.05) is 0 Å². The Hall–Kier alpha value is -3.53. The molecule has 0 aliphatic carbocycles. The van der Waals surface area contributed by atoms with E-state index < -0.39 is 16.8 Å². The maximum absolute atomic E-state index is 12.6. The smallest absolute Gasteiger partial charge is 0.337 e. The quantitative estimate of drug-likeness (QED) is 0.432. The number of esters is 1. The van der Waals surface area contributed by atoms with E-state index in [1.54, 1.807) is 0 Å². The van der Waals surface area contributed by atoms with E-state index in [0.29, 0.717) is 16.5 Å². The van der Waals surface area contributed by atoms with E-state index in [1.807, 2.05) is 0 Å². The van der Waals surface area contributed by atoms with Crippen LogP contribution in [0.2, 0.25) is 0 Å². The lowest BCUT2D eigenvalue weighted by Gasteiger charge is -2.15. The first kappa shape index (κ1) is 18.3. The summed E-state index contributed by atoms with van der Waals surface area (Å²) in [7, 11) is 1.21. The van der Waals surface area contributed by atoms with Crippen LogP contribution in [0.15, 0.2) is 41.9 Å². The first-order valence-corrected chi connectivity index (χ1v) is 7.97. The molecule has 10 heteroatoms. The van der Waals surface area contributed by atoms with Crippen molar-refractivity contribution in [2.24, 2.45) is 0 Å². The Morgan fingerprint density at radius 3 is 2.85 bits per heavy atom. The minimum atomic E-state index is -0.671. The number of carbonyl (C=O) groups excluding carboxylic acids is 2. The normalized spacial score (nSPS) is 14.0. The Morgan fingerprint density at radius 2 is 2.19 bits per heavy atom. The molecule has 2 aromatic rings. The second kappa shape index (κ2) is 7.38. The summed E-state index contributed by atoms with van der Waals surface area (Å²) >= 11 is 0. The van der Waals surface area contributed by atoms with Gasteiger partial charge in [-0.2, -0.15) is 0 Å². The number of hydrogen-bond acceptors (Lipinski definition) is 8. The molecular formula is C17H16N4O6. The molecule has 1 amide bonds. The van der Waals surface area contributed by atoms with Crippen molar-refractivity contribution in [3.63, 3.8) is 0 Å². The number of nitrogens with zero attached hydrogens (tertiary/aromatic N) is 3. The van der Waals surface area contributed by atoms with Crippen LogP contribution in [0.1, 0.15) is 0 Å². The first-order valence-electron chi connectivity index (χ1n) is 7.97. The van der Waals surface area contributed by atoms with Gasteiger partial charge in [0.05, 0.1) is 36.1 Å². The van der Waals surface area contributed by atoms with Gasteiger partial charge in [0, 0.05) is 36.1 Å². The first-order chi connectivity index (χ1) is 13.0. The number of aliphatic hydroxyl groups is 1. The van der Waals surface area contributed by atoms with Crippen molar-refractivity contribution < 1.29 is 24.4 Å². The fourth-order valence-electron chi connectivity index (χ4n) is 2.93. The van der Waals surface area contributed by atoms with E-state index in [4.69, 9.17) is 9.84 Å². The van der Waals surface area contributed by atoms with Crippen LogP contribution >= 0.6 is 0 Å². The van der Waals surface area contributed by atoms with E-state index in [2.05, 4.69) is 10.3 Å². The minimum Gasteiger partial charge on any atom is -0.466 e. The molecule has 0 spiro atoms. The number of nitro groups is 1. The Kier molecular flexibility index (Phi) is 4.99. The number of non-ortho nitro benzene ring substituents is 1. The number of rotatable bonds is 6. The van der Waals surface area contributed by atoms with Gasteiger partial charge in [-0.25, -0.2) is 4.79 Å². The number of hydrogen-bond donors (Lipinski definition) is 2. The monoisotopic (exact) mass is 372 g/mol.